The molecule has 2 amide bonds. The molecule has 0 aliphatic rings. The quantitative estimate of drug-likeness (QED) is 0.866. The summed E-state index contributed by atoms with van der Waals surface area (Å²) in [6, 6.07) is 2.54. The molecule has 0 heterocycles. The molecule has 0 saturated heterocycles. The van der Waals surface area contributed by atoms with Gasteiger partial charge in [0.05, 0.1) is 5.69 Å². The summed E-state index contributed by atoms with van der Waals surface area (Å²) < 4.78 is 26.2. The van der Waals surface area contributed by atoms with E-state index >= 15 is 0 Å². The first kappa shape index (κ1) is 13.9. The van der Waals surface area contributed by atoms with E-state index in [1.165, 1.54) is 12.1 Å². The standard InChI is InChI=1S/C11H12F2N2O3/c1-2-15(6-9(16)17)11(18)14-8-5-3-4-7(12)10(8)13/h3-5H,2,6H2,1H3,(H,14,18)(H,16,17). The van der Waals surface area contributed by atoms with Gasteiger partial charge in [-0.05, 0) is 19.1 Å². The van der Waals surface area contributed by atoms with Crippen LogP contribution in [0, 0.1) is 11.6 Å². The average molecular weight is 258 g/mol. The molecular weight excluding hydrogens is 246 g/mol. The Morgan fingerprint density at radius 2 is 2.06 bits per heavy atom. The van der Waals surface area contributed by atoms with Crippen LogP contribution >= 0.6 is 0 Å². The summed E-state index contributed by atoms with van der Waals surface area (Å²) in [7, 11) is 0. The first-order chi connectivity index (χ1) is 8.45. The number of carboxylic acids is 1. The molecule has 7 heteroatoms. The molecule has 5 nitrogen and oxygen atoms in total. The molecule has 1 aromatic carbocycles. The van der Waals surface area contributed by atoms with Gasteiger partial charge in [-0.15, -0.1) is 0 Å². The zero-order valence-electron chi connectivity index (χ0n) is 9.61. The van der Waals surface area contributed by atoms with Crippen molar-refractivity contribution in [2.45, 2.75) is 6.92 Å². The molecule has 1 aromatic rings. The maximum Gasteiger partial charge on any atom is 0.323 e. The van der Waals surface area contributed by atoms with Crippen LogP contribution in [0.4, 0.5) is 19.3 Å². The summed E-state index contributed by atoms with van der Waals surface area (Å²) in [5.74, 6) is -3.46. The van der Waals surface area contributed by atoms with E-state index in [9.17, 15) is 18.4 Å². The van der Waals surface area contributed by atoms with E-state index in [1.807, 2.05) is 0 Å². The first-order valence-corrected chi connectivity index (χ1v) is 5.17. The van der Waals surface area contributed by atoms with Crippen molar-refractivity contribution in [1.29, 1.82) is 0 Å². The second-order valence-electron chi connectivity index (χ2n) is 3.44. The third kappa shape index (κ3) is 3.41. The van der Waals surface area contributed by atoms with Crippen LogP contribution in [0.25, 0.3) is 0 Å². The van der Waals surface area contributed by atoms with Gasteiger partial charge in [0.15, 0.2) is 11.6 Å². The molecule has 0 fully saturated rings. The number of hydrogen-bond acceptors (Lipinski definition) is 2. The summed E-state index contributed by atoms with van der Waals surface area (Å²) in [5.41, 5.74) is -0.330. The average Bonchev–Trinajstić information content (AvgIpc) is 2.31. The Morgan fingerprint density at radius 3 is 2.61 bits per heavy atom. The lowest BCUT2D eigenvalue weighted by Gasteiger charge is -2.19. The van der Waals surface area contributed by atoms with Gasteiger partial charge in [0, 0.05) is 6.54 Å². The number of carbonyl (C=O) groups excluding carboxylic acids is 1. The van der Waals surface area contributed by atoms with Gasteiger partial charge in [-0.25, -0.2) is 13.6 Å². The van der Waals surface area contributed by atoms with Crippen molar-refractivity contribution in [2.75, 3.05) is 18.4 Å². The van der Waals surface area contributed by atoms with E-state index < -0.39 is 30.2 Å². The molecule has 0 aliphatic heterocycles. The number of benzene rings is 1. The van der Waals surface area contributed by atoms with Crippen LogP contribution in [0.15, 0.2) is 18.2 Å². The van der Waals surface area contributed by atoms with E-state index in [2.05, 4.69) is 5.32 Å². The molecule has 1 rings (SSSR count). The van der Waals surface area contributed by atoms with Crippen LogP contribution in [-0.4, -0.2) is 35.1 Å². The van der Waals surface area contributed by atoms with Crippen molar-refractivity contribution < 1.29 is 23.5 Å². The summed E-state index contributed by atoms with van der Waals surface area (Å²) in [5, 5.41) is 10.7. The van der Waals surface area contributed by atoms with Gasteiger partial charge in [0.25, 0.3) is 0 Å². The molecule has 18 heavy (non-hydrogen) atoms. The lowest BCUT2D eigenvalue weighted by atomic mass is 10.3. The zero-order chi connectivity index (χ0) is 13.7. The number of hydrogen-bond donors (Lipinski definition) is 2. The molecule has 0 radical (unpaired) electrons. The predicted molar refractivity (Wildman–Crippen MR) is 60.3 cm³/mol. The van der Waals surface area contributed by atoms with Crippen LogP contribution in [0.1, 0.15) is 6.92 Å². The smallest absolute Gasteiger partial charge is 0.323 e. The SMILES string of the molecule is CCN(CC(=O)O)C(=O)Nc1cccc(F)c1F. The molecule has 0 aliphatic carbocycles. The van der Waals surface area contributed by atoms with Gasteiger partial charge >= 0.3 is 12.0 Å². The van der Waals surface area contributed by atoms with Crippen LogP contribution in [-0.2, 0) is 4.79 Å². The molecule has 2 N–H and O–H groups in total. The number of aliphatic carboxylic acids is 1. The number of nitrogens with one attached hydrogen (secondary N) is 1. The van der Waals surface area contributed by atoms with Gasteiger partial charge < -0.3 is 15.3 Å². The molecule has 0 unspecified atom stereocenters. The highest BCUT2D eigenvalue weighted by Gasteiger charge is 2.17. The fourth-order valence-electron chi connectivity index (χ4n) is 1.29. The largest absolute Gasteiger partial charge is 0.480 e. The van der Waals surface area contributed by atoms with E-state index in [1.54, 1.807) is 6.92 Å². The van der Waals surface area contributed by atoms with Crippen LogP contribution in [0.2, 0.25) is 0 Å². The number of likely N-dealkylation sites (N-methyl/N-ethyl adjacent to an activating group) is 1. The maximum absolute atomic E-state index is 13.3. The van der Waals surface area contributed by atoms with Crippen molar-refractivity contribution in [2.24, 2.45) is 0 Å². The fraction of sp³-hybridized carbons (Fsp3) is 0.273. The summed E-state index contributed by atoms with van der Waals surface area (Å²) >= 11 is 0. The van der Waals surface area contributed by atoms with E-state index in [0.717, 1.165) is 11.0 Å². The van der Waals surface area contributed by atoms with Crippen molar-refractivity contribution >= 4 is 17.7 Å². The molecule has 98 valence electrons. The first-order valence-electron chi connectivity index (χ1n) is 5.17. The molecule has 0 aromatic heterocycles. The third-order valence-corrected chi connectivity index (χ3v) is 2.19. The van der Waals surface area contributed by atoms with Crippen molar-refractivity contribution in [3.05, 3.63) is 29.8 Å². The normalized spacial score (nSPS) is 9.94. The number of urea groups is 1. The third-order valence-electron chi connectivity index (χ3n) is 2.19. The number of amides is 2. The van der Waals surface area contributed by atoms with Crippen molar-refractivity contribution in [3.63, 3.8) is 0 Å². The highest BCUT2D eigenvalue weighted by Crippen LogP contribution is 2.16. The number of nitrogens with zero attached hydrogens (tertiary/aromatic N) is 1. The summed E-state index contributed by atoms with van der Waals surface area (Å²) in [6.45, 7) is 1.19. The Morgan fingerprint density at radius 1 is 1.39 bits per heavy atom. The minimum atomic E-state index is -1.19. The van der Waals surface area contributed by atoms with Gasteiger partial charge in [0.2, 0.25) is 0 Å². The second kappa shape index (κ2) is 5.95. The topological polar surface area (TPSA) is 69.6 Å². The molecule has 0 spiro atoms. The van der Waals surface area contributed by atoms with E-state index in [0.29, 0.717) is 0 Å². The molecule has 0 atom stereocenters. The summed E-state index contributed by atoms with van der Waals surface area (Å²) in [4.78, 5) is 23.0. The highest BCUT2D eigenvalue weighted by atomic mass is 19.2. The second-order valence-corrected chi connectivity index (χ2v) is 3.44. The van der Waals surface area contributed by atoms with Gasteiger partial charge in [-0.3, -0.25) is 4.79 Å². The van der Waals surface area contributed by atoms with Crippen LogP contribution in [0.3, 0.4) is 0 Å². The number of halogens is 2. The van der Waals surface area contributed by atoms with Gasteiger partial charge in [0.1, 0.15) is 6.54 Å². The maximum atomic E-state index is 13.3. The number of carbonyl (C=O) groups is 2. The monoisotopic (exact) mass is 258 g/mol. The number of anilines is 1. The van der Waals surface area contributed by atoms with E-state index in [-0.39, 0.29) is 12.2 Å². The van der Waals surface area contributed by atoms with Crippen LogP contribution < -0.4 is 5.32 Å². The minimum Gasteiger partial charge on any atom is -0.480 e. The Bertz CT molecular complexity index is 466. The van der Waals surface area contributed by atoms with E-state index in [4.69, 9.17) is 5.11 Å². The Balaban J connectivity index is 2.80. The number of carboxylic acid groups (broad SMARTS) is 1. The lowest BCUT2D eigenvalue weighted by molar-refractivity contribution is -0.137. The van der Waals surface area contributed by atoms with Crippen LogP contribution in [0.5, 0.6) is 0 Å². The molecular formula is C11H12F2N2O3. The van der Waals surface area contributed by atoms with Crippen molar-refractivity contribution in [1.82, 2.24) is 4.90 Å². The zero-order valence-corrected chi connectivity index (χ0v) is 9.61. The Hall–Kier alpha value is -2.18. The summed E-state index contributed by atoms with van der Waals surface area (Å²) in [6.07, 6.45) is 0. The Labute approximate surface area is 102 Å². The molecule has 0 bridgehead atoms. The Kier molecular flexibility index (Phi) is 4.59. The minimum absolute atomic E-state index is 0.134. The number of rotatable bonds is 4. The predicted octanol–water partition coefficient (Wildman–Crippen LogP) is 1.90. The van der Waals surface area contributed by atoms with Gasteiger partial charge in [-0.2, -0.15) is 0 Å². The molecule has 0 saturated carbocycles. The lowest BCUT2D eigenvalue weighted by Crippen LogP contribution is -2.38. The fourth-order valence-corrected chi connectivity index (χ4v) is 1.29. The highest BCUT2D eigenvalue weighted by molar-refractivity contribution is 5.91. The van der Waals surface area contributed by atoms with Crippen molar-refractivity contribution in [3.8, 4) is 0 Å². The van der Waals surface area contributed by atoms with Gasteiger partial charge in [-0.1, -0.05) is 6.07 Å².